The monoisotopic (exact) mass is 373 g/mol. The van der Waals surface area contributed by atoms with Gasteiger partial charge in [-0.15, -0.1) is 0 Å². The second-order valence-electron chi connectivity index (χ2n) is 4.50. The van der Waals surface area contributed by atoms with E-state index in [1.807, 2.05) is 13.0 Å². The van der Waals surface area contributed by atoms with Crippen molar-refractivity contribution in [1.29, 1.82) is 0 Å². The highest BCUT2D eigenvalue weighted by Crippen LogP contribution is 2.28. The number of halogens is 2. The SMILES string of the molecule is Cc1ccc(C)c(S(=O)(=O)Nc2ccc(Br)cc2Cl)c1. The summed E-state index contributed by atoms with van der Waals surface area (Å²) in [5, 5.41) is 0.341. The van der Waals surface area contributed by atoms with E-state index in [1.165, 1.54) is 0 Å². The van der Waals surface area contributed by atoms with Gasteiger partial charge in [-0.3, -0.25) is 4.72 Å². The zero-order valence-electron chi connectivity index (χ0n) is 10.9. The third-order valence-corrected chi connectivity index (χ3v) is 5.12. The number of anilines is 1. The molecule has 0 aliphatic heterocycles. The summed E-state index contributed by atoms with van der Waals surface area (Å²) >= 11 is 9.32. The number of benzene rings is 2. The molecule has 2 aromatic rings. The summed E-state index contributed by atoms with van der Waals surface area (Å²) in [5.41, 5.74) is 1.94. The van der Waals surface area contributed by atoms with Gasteiger partial charge in [-0.1, -0.05) is 39.7 Å². The average Bonchev–Trinajstić information content (AvgIpc) is 2.35. The van der Waals surface area contributed by atoms with E-state index in [9.17, 15) is 8.42 Å². The Kier molecular flexibility index (Phi) is 4.42. The minimum Gasteiger partial charge on any atom is -0.278 e. The van der Waals surface area contributed by atoms with E-state index in [2.05, 4.69) is 20.7 Å². The molecule has 0 fully saturated rings. The molecule has 2 aromatic carbocycles. The van der Waals surface area contributed by atoms with Crippen LogP contribution < -0.4 is 4.72 Å². The van der Waals surface area contributed by atoms with Crippen LogP contribution in [-0.4, -0.2) is 8.42 Å². The molecule has 0 unspecified atom stereocenters. The minimum atomic E-state index is -3.65. The summed E-state index contributed by atoms with van der Waals surface area (Å²) in [5.74, 6) is 0. The lowest BCUT2D eigenvalue weighted by atomic mass is 10.2. The molecule has 3 nitrogen and oxygen atoms in total. The van der Waals surface area contributed by atoms with Gasteiger partial charge in [0.1, 0.15) is 0 Å². The van der Waals surface area contributed by atoms with Crippen LogP contribution in [0.25, 0.3) is 0 Å². The molecular weight excluding hydrogens is 362 g/mol. The van der Waals surface area contributed by atoms with Gasteiger partial charge in [-0.25, -0.2) is 8.42 Å². The van der Waals surface area contributed by atoms with Crippen LogP contribution in [0.5, 0.6) is 0 Å². The van der Waals surface area contributed by atoms with Gasteiger partial charge >= 0.3 is 0 Å². The molecule has 0 spiro atoms. The van der Waals surface area contributed by atoms with Crippen molar-refractivity contribution in [2.75, 3.05) is 4.72 Å². The van der Waals surface area contributed by atoms with Crippen LogP contribution in [-0.2, 0) is 10.0 Å². The molecule has 0 amide bonds. The summed E-state index contributed by atoms with van der Waals surface area (Å²) in [6, 6.07) is 10.3. The molecule has 0 aromatic heterocycles. The van der Waals surface area contributed by atoms with Crippen LogP contribution in [0, 0.1) is 13.8 Å². The summed E-state index contributed by atoms with van der Waals surface area (Å²) in [7, 11) is -3.65. The predicted molar refractivity (Wildman–Crippen MR) is 85.9 cm³/mol. The van der Waals surface area contributed by atoms with Crippen molar-refractivity contribution in [3.8, 4) is 0 Å². The Hall–Kier alpha value is -1.04. The number of nitrogens with one attached hydrogen (secondary N) is 1. The van der Waals surface area contributed by atoms with Crippen LogP contribution in [0.15, 0.2) is 45.8 Å². The first kappa shape index (κ1) is 15.4. The first-order valence-corrected chi connectivity index (χ1v) is 8.50. The third-order valence-electron chi connectivity index (χ3n) is 2.81. The molecule has 0 saturated carbocycles. The van der Waals surface area contributed by atoms with E-state index in [0.717, 1.165) is 10.0 Å². The maximum absolute atomic E-state index is 12.4. The van der Waals surface area contributed by atoms with Crippen molar-refractivity contribution in [3.05, 3.63) is 57.0 Å². The summed E-state index contributed by atoms with van der Waals surface area (Å²) in [6.07, 6.45) is 0. The highest BCUT2D eigenvalue weighted by Gasteiger charge is 2.18. The molecule has 2 rings (SSSR count). The maximum Gasteiger partial charge on any atom is 0.262 e. The van der Waals surface area contributed by atoms with E-state index in [4.69, 9.17) is 11.6 Å². The molecule has 0 radical (unpaired) electrons. The number of rotatable bonds is 3. The number of sulfonamides is 1. The minimum absolute atomic E-state index is 0.261. The van der Waals surface area contributed by atoms with Crippen molar-refractivity contribution in [2.45, 2.75) is 18.7 Å². The third kappa shape index (κ3) is 3.34. The van der Waals surface area contributed by atoms with E-state index >= 15 is 0 Å². The van der Waals surface area contributed by atoms with Gasteiger partial charge in [0, 0.05) is 4.47 Å². The van der Waals surface area contributed by atoms with E-state index in [-0.39, 0.29) is 4.90 Å². The molecule has 20 heavy (non-hydrogen) atoms. The van der Waals surface area contributed by atoms with Crippen LogP contribution in [0.3, 0.4) is 0 Å². The zero-order chi connectivity index (χ0) is 14.9. The second kappa shape index (κ2) is 5.76. The second-order valence-corrected chi connectivity index (χ2v) is 7.47. The van der Waals surface area contributed by atoms with Crippen LogP contribution in [0.1, 0.15) is 11.1 Å². The molecule has 0 aliphatic carbocycles. The average molecular weight is 375 g/mol. The topological polar surface area (TPSA) is 46.2 Å². The maximum atomic E-state index is 12.4. The normalized spacial score (nSPS) is 11.4. The molecule has 0 atom stereocenters. The fourth-order valence-electron chi connectivity index (χ4n) is 1.77. The first-order chi connectivity index (χ1) is 9.29. The standard InChI is InChI=1S/C14H13BrClNO2S/c1-9-3-4-10(2)14(7-9)20(18,19)17-13-6-5-11(15)8-12(13)16/h3-8,17H,1-2H3. The van der Waals surface area contributed by atoms with Crippen molar-refractivity contribution >= 4 is 43.2 Å². The van der Waals surface area contributed by atoms with E-state index in [1.54, 1.807) is 37.3 Å². The number of hydrogen-bond acceptors (Lipinski definition) is 2. The van der Waals surface area contributed by atoms with Crippen molar-refractivity contribution in [1.82, 2.24) is 0 Å². The lowest BCUT2D eigenvalue weighted by molar-refractivity contribution is 0.600. The Morgan fingerprint density at radius 2 is 1.80 bits per heavy atom. The van der Waals surface area contributed by atoms with Crippen LogP contribution in [0.4, 0.5) is 5.69 Å². The molecule has 0 bridgehead atoms. The molecular formula is C14H13BrClNO2S. The molecule has 106 valence electrons. The lowest BCUT2D eigenvalue weighted by Crippen LogP contribution is -2.14. The highest BCUT2D eigenvalue weighted by molar-refractivity contribution is 9.10. The van der Waals surface area contributed by atoms with Crippen molar-refractivity contribution < 1.29 is 8.42 Å². The summed E-state index contributed by atoms with van der Waals surface area (Å²) < 4.78 is 28.2. The van der Waals surface area contributed by atoms with Crippen molar-refractivity contribution in [3.63, 3.8) is 0 Å². The van der Waals surface area contributed by atoms with Crippen LogP contribution >= 0.6 is 27.5 Å². The lowest BCUT2D eigenvalue weighted by Gasteiger charge is -2.12. The fourth-order valence-corrected chi connectivity index (χ4v) is 3.96. The molecule has 6 heteroatoms. The Balaban J connectivity index is 2.43. The van der Waals surface area contributed by atoms with E-state index < -0.39 is 10.0 Å². The summed E-state index contributed by atoms with van der Waals surface area (Å²) in [4.78, 5) is 0.261. The highest BCUT2D eigenvalue weighted by atomic mass is 79.9. The van der Waals surface area contributed by atoms with Gasteiger partial charge in [0.05, 0.1) is 15.6 Å². The molecule has 0 aliphatic rings. The Morgan fingerprint density at radius 1 is 1.10 bits per heavy atom. The van der Waals surface area contributed by atoms with Gasteiger partial charge < -0.3 is 0 Å². The largest absolute Gasteiger partial charge is 0.278 e. The van der Waals surface area contributed by atoms with Crippen LogP contribution in [0.2, 0.25) is 5.02 Å². The number of aryl methyl sites for hydroxylation is 2. The quantitative estimate of drug-likeness (QED) is 0.858. The Labute approximate surface area is 132 Å². The van der Waals surface area contributed by atoms with Gasteiger partial charge in [-0.05, 0) is 49.2 Å². The van der Waals surface area contributed by atoms with Gasteiger partial charge in [0.2, 0.25) is 0 Å². The Bertz CT molecular complexity index is 760. The fraction of sp³-hybridized carbons (Fsp3) is 0.143. The summed E-state index contributed by atoms with van der Waals surface area (Å²) in [6.45, 7) is 3.61. The Morgan fingerprint density at radius 3 is 2.45 bits per heavy atom. The predicted octanol–water partition coefficient (Wildman–Crippen LogP) is 4.52. The van der Waals surface area contributed by atoms with Gasteiger partial charge in [0.15, 0.2) is 0 Å². The number of hydrogen-bond donors (Lipinski definition) is 1. The molecule has 0 heterocycles. The smallest absolute Gasteiger partial charge is 0.262 e. The van der Waals surface area contributed by atoms with E-state index in [0.29, 0.717) is 16.3 Å². The molecule has 1 N–H and O–H groups in total. The van der Waals surface area contributed by atoms with Gasteiger partial charge in [0.25, 0.3) is 10.0 Å². The zero-order valence-corrected chi connectivity index (χ0v) is 14.1. The van der Waals surface area contributed by atoms with Gasteiger partial charge in [-0.2, -0.15) is 0 Å². The van der Waals surface area contributed by atoms with Crippen molar-refractivity contribution in [2.24, 2.45) is 0 Å². The molecule has 0 saturated heterocycles. The first-order valence-electron chi connectivity index (χ1n) is 5.85.